The maximum atomic E-state index is 12.6. The highest BCUT2D eigenvalue weighted by Gasteiger charge is 2.21. The molecular weight excluding hydrogens is 360 g/mol. The number of H-pyrrole nitrogens is 1. The van der Waals surface area contributed by atoms with Crippen LogP contribution in [0.2, 0.25) is 0 Å². The van der Waals surface area contributed by atoms with Gasteiger partial charge in [0.15, 0.2) is 5.58 Å². The Balaban J connectivity index is 1.82. The number of hydrogen-bond acceptors (Lipinski definition) is 6. The number of fused-ring (bicyclic) bond motifs is 1. The van der Waals surface area contributed by atoms with E-state index in [2.05, 4.69) is 9.71 Å². The lowest BCUT2D eigenvalue weighted by Gasteiger charge is -2.19. The van der Waals surface area contributed by atoms with E-state index in [1.54, 1.807) is 6.07 Å². The first kappa shape index (κ1) is 18.2. The zero-order chi connectivity index (χ0) is 18.7. The van der Waals surface area contributed by atoms with E-state index >= 15 is 0 Å². The van der Waals surface area contributed by atoms with Crippen molar-refractivity contribution in [3.8, 4) is 5.75 Å². The number of sulfonamides is 1. The summed E-state index contributed by atoms with van der Waals surface area (Å²) in [4.78, 5) is 13.6. The Morgan fingerprint density at radius 2 is 1.96 bits per heavy atom. The van der Waals surface area contributed by atoms with E-state index in [0.717, 1.165) is 5.56 Å². The van der Waals surface area contributed by atoms with Crippen LogP contribution in [0.15, 0.2) is 56.6 Å². The molecule has 0 saturated heterocycles. The summed E-state index contributed by atoms with van der Waals surface area (Å²) < 4.78 is 43.2. The van der Waals surface area contributed by atoms with Crippen molar-refractivity contribution >= 4 is 21.1 Å². The lowest BCUT2D eigenvalue weighted by molar-refractivity contribution is 0.105. The largest absolute Gasteiger partial charge is 0.496 e. The number of benzene rings is 2. The average Bonchev–Trinajstić information content (AvgIpc) is 3.01. The number of ether oxygens (including phenoxy) is 2. The summed E-state index contributed by atoms with van der Waals surface area (Å²) in [7, 11) is -0.778. The van der Waals surface area contributed by atoms with E-state index in [-0.39, 0.29) is 17.0 Å². The third kappa shape index (κ3) is 3.64. The molecule has 0 radical (unpaired) electrons. The fraction of sp³-hybridized carbons (Fsp3) is 0.235. The van der Waals surface area contributed by atoms with Crippen molar-refractivity contribution in [1.82, 2.24) is 9.71 Å². The molecule has 0 saturated carbocycles. The predicted octanol–water partition coefficient (Wildman–Crippen LogP) is 1.80. The van der Waals surface area contributed by atoms with Crippen LogP contribution in [0.1, 0.15) is 11.7 Å². The minimum Gasteiger partial charge on any atom is -0.496 e. The third-order valence-corrected chi connectivity index (χ3v) is 5.35. The van der Waals surface area contributed by atoms with Gasteiger partial charge in [0.05, 0.1) is 23.6 Å². The van der Waals surface area contributed by atoms with Gasteiger partial charge in [-0.05, 0) is 24.3 Å². The quantitative estimate of drug-likeness (QED) is 0.649. The number of oxazole rings is 1. The zero-order valence-corrected chi connectivity index (χ0v) is 15.0. The summed E-state index contributed by atoms with van der Waals surface area (Å²) in [5.41, 5.74) is 1.33. The number of aromatic amines is 1. The van der Waals surface area contributed by atoms with Crippen molar-refractivity contribution < 1.29 is 22.3 Å². The lowest BCUT2D eigenvalue weighted by atomic mass is 10.1. The van der Waals surface area contributed by atoms with Gasteiger partial charge in [-0.25, -0.2) is 17.9 Å². The number of methoxy groups -OCH3 is 2. The molecule has 0 aliphatic heterocycles. The highest BCUT2D eigenvalue weighted by Crippen LogP contribution is 2.27. The molecule has 1 aromatic heterocycles. The van der Waals surface area contributed by atoms with Gasteiger partial charge in [-0.3, -0.25) is 4.98 Å². The Bertz CT molecular complexity index is 1070. The molecule has 2 N–H and O–H groups in total. The number of nitrogens with one attached hydrogen (secondary N) is 2. The number of rotatable bonds is 7. The van der Waals surface area contributed by atoms with Gasteiger partial charge in [0.1, 0.15) is 5.75 Å². The summed E-state index contributed by atoms with van der Waals surface area (Å²) in [5.74, 6) is -0.0333. The first-order valence-electron chi connectivity index (χ1n) is 7.73. The maximum Gasteiger partial charge on any atom is 0.417 e. The summed E-state index contributed by atoms with van der Waals surface area (Å²) >= 11 is 0. The molecule has 2 aromatic carbocycles. The molecule has 0 fully saturated rings. The van der Waals surface area contributed by atoms with Gasteiger partial charge < -0.3 is 13.9 Å². The second-order valence-corrected chi connectivity index (χ2v) is 7.26. The second kappa shape index (κ2) is 7.32. The van der Waals surface area contributed by atoms with E-state index < -0.39 is 21.9 Å². The van der Waals surface area contributed by atoms with Crippen LogP contribution in [-0.2, 0) is 14.8 Å². The van der Waals surface area contributed by atoms with Crippen LogP contribution in [0.25, 0.3) is 11.1 Å². The first-order valence-corrected chi connectivity index (χ1v) is 9.21. The topological polar surface area (TPSA) is 111 Å². The first-order chi connectivity index (χ1) is 12.4. The molecular formula is C17H18N2O6S. The van der Waals surface area contributed by atoms with Crippen LogP contribution >= 0.6 is 0 Å². The van der Waals surface area contributed by atoms with Crippen LogP contribution in [0.4, 0.5) is 0 Å². The fourth-order valence-corrected chi connectivity index (χ4v) is 3.68. The number of para-hydroxylation sites is 1. The van der Waals surface area contributed by atoms with Gasteiger partial charge in [-0.2, -0.15) is 0 Å². The van der Waals surface area contributed by atoms with Crippen LogP contribution in [0, 0.1) is 0 Å². The molecule has 0 spiro atoms. The highest BCUT2D eigenvalue weighted by molar-refractivity contribution is 7.89. The molecule has 0 amide bonds. The van der Waals surface area contributed by atoms with E-state index in [1.165, 1.54) is 32.4 Å². The number of aromatic nitrogens is 1. The van der Waals surface area contributed by atoms with Crippen molar-refractivity contribution in [3.63, 3.8) is 0 Å². The maximum absolute atomic E-state index is 12.6. The predicted molar refractivity (Wildman–Crippen MR) is 94.8 cm³/mol. The second-order valence-electron chi connectivity index (χ2n) is 5.49. The van der Waals surface area contributed by atoms with E-state index in [4.69, 9.17) is 13.9 Å². The Hall–Kier alpha value is -2.62. The zero-order valence-electron chi connectivity index (χ0n) is 14.2. The highest BCUT2D eigenvalue weighted by atomic mass is 32.2. The average molecular weight is 378 g/mol. The smallest absolute Gasteiger partial charge is 0.417 e. The molecule has 9 heteroatoms. The van der Waals surface area contributed by atoms with Gasteiger partial charge in [-0.15, -0.1) is 0 Å². The fourth-order valence-electron chi connectivity index (χ4n) is 2.62. The third-order valence-electron chi connectivity index (χ3n) is 3.93. The normalized spacial score (nSPS) is 13.0. The Morgan fingerprint density at radius 3 is 2.69 bits per heavy atom. The molecule has 26 heavy (non-hydrogen) atoms. The number of hydrogen-bond donors (Lipinski definition) is 2. The molecule has 0 aliphatic rings. The Kier molecular flexibility index (Phi) is 5.12. The summed E-state index contributed by atoms with van der Waals surface area (Å²) in [6, 6.07) is 11.4. The minimum absolute atomic E-state index is 0.0110. The van der Waals surface area contributed by atoms with Crippen molar-refractivity contribution in [3.05, 3.63) is 58.6 Å². The SMILES string of the molecule is COc1ccccc1C(CNS(=O)(=O)c1ccc2oc(=O)[nH]c2c1)OC. The van der Waals surface area contributed by atoms with Gasteiger partial charge >= 0.3 is 5.76 Å². The van der Waals surface area contributed by atoms with Crippen LogP contribution in [0.5, 0.6) is 5.75 Å². The molecule has 1 unspecified atom stereocenters. The molecule has 1 heterocycles. The van der Waals surface area contributed by atoms with Gasteiger partial charge in [-0.1, -0.05) is 18.2 Å². The minimum atomic E-state index is -3.81. The van der Waals surface area contributed by atoms with Crippen molar-refractivity contribution in [2.45, 2.75) is 11.0 Å². The van der Waals surface area contributed by atoms with Gasteiger partial charge in [0, 0.05) is 19.2 Å². The summed E-state index contributed by atoms with van der Waals surface area (Å²) in [5, 5.41) is 0. The molecule has 138 valence electrons. The van der Waals surface area contributed by atoms with Crippen molar-refractivity contribution in [1.29, 1.82) is 0 Å². The standard InChI is InChI=1S/C17H18N2O6S/c1-23-14-6-4-3-5-12(14)16(24-2)10-18-26(21,22)11-7-8-15-13(9-11)19-17(20)25-15/h3-9,16,18H,10H2,1-2H3,(H,19,20). The van der Waals surface area contributed by atoms with E-state index in [9.17, 15) is 13.2 Å². The lowest BCUT2D eigenvalue weighted by Crippen LogP contribution is -2.29. The monoisotopic (exact) mass is 378 g/mol. The molecule has 0 bridgehead atoms. The van der Waals surface area contributed by atoms with Crippen molar-refractivity contribution in [2.24, 2.45) is 0 Å². The van der Waals surface area contributed by atoms with Crippen LogP contribution in [-0.4, -0.2) is 34.2 Å². The van der Waals surface area contributed by atoms with E-state index in [0.29, 0.717) is 11.3 Å². The molecule has 0 aliphatic carbocycles. The van der Waals surface area contributed by atoms with Crippen molar-refractivity contribution in [2.75, 3.05) is 20.8 Å². The molecule has 8 nitrogen and oxygen atoms in total. The van der Waals surface area contributed by atoms with Crippen LogP contribution in [0.3, 0.4) is 0 Å². The Labute approximate surface area is 149 Å². The molecule has 3 rings (SSSR count). The molecule has 1 atom stereocenters. The van der Waals surface area contributed by atoms with Crippen LogP contribution < -0.4 is 15.2 Å². The molecule has 3 aromatic rings. The summed E-state index contributed by atoms with van der Waals surface area (Å²) in [6.07, 6.45) is -0.529. The Morgan fingerprint density at radius 1 is 1.19 bits per heavy atom. The summed E-state index contributed by atoms with van der Waals surface area (Å²) in [6.45, 7) is 0.0130. The van der Waals surface area contributed by atoms with E-state index in [1.807, 2.05) is 18.2 Å². The van der Waals surface area contributed by atoms with Gasteiger partial charge in [0.25, 0.3) is 0 Å². The van der Waals surface area contributed by atoms with Gasteiger partial charge in [0.2, 0.25) is 10.0 Å².